The summed E-state index contributed by atoms with van der Waals surface area (Å²) < 4.78 is 5.83. The maximum absolute atomic E-state index is 12.6. The second kappa shape index (κ2) is 8.88. The topological polar surface area (TPSA) is 45.7 Å². The van der Waals surface area contributed by atoms with E-state index in [0.717, 1.165) is 23.4 Å². The van der Waals surface area contributed by atoms with Gasteiger partial charge in [0.1, 0.15) is 18.5 Å². The second-order valence-electron chi connectivity index (χ2n) is 7.29. The molecule has 148 valence electrons. The molecular formula is C24H25N3O2. The van der Waals surface area contributed by atoms with Gasteiger partial charge in [0.25, 0.3) is 0 Å². The zero-order valence-electron chi connectivity index (χ0n) is 16.6. The molecular weight excluding hydrogens is 362 g/mol. The highest BCUT2D eigenvalue weighted by Gasteiger charge is 2.36. The molecule has 1 saturated heterocycles. The van der Waals surface area contributed by atoms with Gasteiger partial charge in [-0.05, 0) is 48.9 Å². The molecule has 0 N–H and O–H groups in total. The first-order valence-electron chi connectivity index (χ1n) is 9.87. The Hall–Kier alpha value is -3.18. The Labute approximate surface area is 171 Å². The quantitative estimate of drug-likeness (QED) is 0.620. The highest BCUT2D eigenvalue weighted by atomic mass is 16.5. The molecule has 0 radical (unpaired) electrons. The van der Waals surface area contributed by atoms with Gasteiger partial charge in [0.05, 0.1) is 12.2 Å². The van der Waals surface area contributed by atoms with Crippen LogP contribution in [0, 0.1) is 0 Å². The number of likely N-dealkylation sites (N-methyl/N-ethyl adjacent to an activating group) is 1. The highest BCUT2D eigenvalue weighted by molar-refractivity contribution is 5.81. The molecule has 0 aliphatic carbocycles. The average Bonchev–Trinajstić information content (AvgIpc) is 3.05. The Kier molecular flexibility index (Phi) is 5.86. The number of benzene rings is 2. The molecule has 1 fully saturated rings. The van der Waals surface area contributed by atoms with E-state index in [-0.39, 0.29) is 12.1 Å². The standard InChI is InChI=1S/C24H25N3O2/c1-26-17-23(28)27(16-14-19-7-3-2-4-8-19)24(26)20-10-12-22(13-11-20)29-18-21-9-5-6-15-25-21/h2-13,15,24H,14,16-18H2,1H3. The van der Waals surface area contributed by atoms with Crippen molar-refractivity contribution in [3.8, 4) is 5.75 Å². The lowest BCUT2D eigenvalue weighted by molar-refractivity contribution is -0.128. The summed E-state index contributed by atoms with van der Waals surface area (Å²) >= 11 is 0. The molecule has 4 rings (SSSR count). The Morgan fingerprint density at radius 1 is 1.00 bits per heavy atom. The number of aromatic nitrogens is 1. The molecule has 1 aliphatic rings. The van der Waals surface area contributed by atoms with Crippen LogP contribution in [-0.4, -0.2) is 40.8 Å². The fourth-order valence-electron chi connectivity index (χ4n) is 3.72. The second-order valence-corrected chi connectivity index (χ2v) is 7.29. The fraction of sp³-hybridized carbons (Fsp3) is 0.250. The van der Waals surface area contributed by atoms with E-state index in [1.807, 2.05) is 72.6 Å². The van der Waals surface area contributed by atoms with E-state index in [2.05, 4.69) is 22.0 Å². The third-order valence-electron chi connectivity index (χ3n) is 5.19. The first-order valence-corrected chi connectivity index (χ1v) is 9.87. The molecule has 2 heterocycles. The van der Waals surface area contributed by atoms with Crippen LogP contribution in [0.25, 0.3) is 0 Å². The number of ether oxygens (including phenoxy) is 1. The number of pyridine rings is 1. The minimum atomic E-state index is -0.0453. The molecule has 0 bridgehead atoms. The Balaban J connectivity index is 1.42. The van der Waals surface area contributed by atoms with E-state index in [4.69, 9.17) is 4.74 Å². The smallest absolute Gasteiger partial charge is 0.238 e. The van der Waals surface area contributed by atoms with Crippen molar-refractivity contribution in [2.24, 2.45) is 0 Å². The van der Waals surface area contributed by atoms with Crippen LogP contribution < -0.4 is 4.74 Å². The van der Waals surface area contributed by atoms with Crippen LogP contribution >= 0.6 is 0 Å². The lowest BCUT2D eigenvalue weighted by Crippen LogP contribution is -2.32. The number of amides is 1. The van der Waals surface area contributed by atoms with Crippen LogP contribution in [0.2, 0.25) is 0 Å². The predicted octanol–water partition coefficient (Wildman–Crippen LogP) is 3.68. The molecule has 1 atom stereocenters. The van der Waals surface area contributed by atoms with Gasteiger partial charge in [-0.15, -0.1) is 0 Å². The number of rotatable bonds is 7. The summed E-state index contributed by atoms with van der Waals surface area (Å²) in [6.45, 7) is 1.58. The maximum Gasteiger partial charge on any atom is 0.238 e. The largest absolute Gasteiger partial charge is 0.487 e. The van der Waals surface area contributed by atoms with Crippen molar-refractivity contribution < 1.29 is 9.53 Å². The molecule has 0 spiro atoms. The molecule has 1 amide bonds. The van der Waals surface area contributed by atoms with Crippen LogP contribution in [0.5, 0.6) is 5.75 Å². The first-order chi connectivity index (χ1) is 14.2. The Morgan fingerprint density at radius 3 is 2.48 bits per heavy atom. The van der Waals surface area contributed by atoms with Gasteiger partial charge in [-0.2, -0.15) is 0 Å². The number of hydrogen-bond acceptors (Lipinski definition) is 4. The third-order valence-corrected chi connectivity index (χ3v) is 5.19. The van der Waals surface area contributed by atoms with Crippen LogP contribution in [-0.2, 0) is 17.8 Å². The lowest BCUT2D eigenvalue weighted by Gasteiger charge is -2.28. The van der Waals surface area contributed by atoms with Gasteiger partial charge in [0.15, 0.2) is 0 Å². The molecule has 5 nitrogen and oxygen atoms in total. The van der Waals surface area contributed by atoms with Crippen LogP contribution in [0.15, 0.2) is 79.0 Å². The predicted molar refractivity (Wildman–Crippen MR) is 112 cm³/mol. The lowest BCUT2D eigenvalue weighted by atomic mass is 10.1. The maximum atomic E-state index is 12.6. The average molecular weight is 387 g/mol. The van der Waals surface area contributed by atoms with Crippen LogP contribution in [0.3, 0.4) is 0 Å². The molecule has 2 aromatic carbocycles. The summed E-state index contributed by atoms with van der Waals surface area (Å²) in [5, 5.41) is 0. The van der Waals surface area contributed by atoms with E-state index in [9.17, 15) is 4.79 Å². The zero-order chi connectivity index (χ0) is 20.1. The highest BCUT2D eigenvalue weighted by Crippen LogP contribution is 2.30. The normalized spacial score (nSPS) is 16.9. The molecule has 5 heteroatoms. The van der Waals surface area contributed by atoms with Crippen molar-refractivity contribution in [2.75, 3.05) is 20.1 Å². The van der Waals surface area contributed by atoms with Crippen molar-refractivity contribution in [2.45, 2.75) is 19.2 Å². The molecule has 0 saturated carbocycles. The summed E-state index contributed by atoms with van der Waals surface area (Å²) in [4.78, 5) is 20.9. The molecule has 1 aliphatic heterocycles. The SMILES string of the molecule is CN1CC(=O)N(CCc2ccccc2)C1c1ccc(OCc2ccccn2)cc1. The van der Waals surface area contributed by atoms with E-state index in [1.165, 1.54) is 5.56 Å². The van der Waals surface area contributed by atoms with E-state index in [1.54, 1.807) is 6.20 Å². The minimum absolute atomic E-state index is 0.0453. The monoisotopic (exact) mass is 387 g/mol. The van der Waals surface area contributed by atoms with Gasteiger partial charge < -0.3 is 9.64 Å². The summed E-state index contributed by atoms with van der Waals surface area (Å²) in [6, 6.07) is 24.1. The number of hydrogen-bond donors (Lipinski definition) is 0. The summed E-state index contributed by atoms with van der Waals surface area (Å²) in [5.41, 5.74) is 3.23. The van der Waals surface area contributed by atoms with Crippen molar-refractivity contribution >= 4 is 5.91 Å². The van der Waals surface area contributed by atoms with Gasteiger partial charge in [0.2, 0.25) is 5.91 Å². The van der Waals surface area contributed by atoms with Gasteiger partial charge in [-0.25, -0.2) is 0 Å². The van der Waals surface area contributed by atoms with Crippen LogP contribution in [0.1, 0.15) is 23.0 Å². The summed E-state index contributed by atoms with van der Waals surface area (Å²) in [7, 11) is 2.00. The van der Waals surface area contributed by atoms with Gasteiger partial charge in [-0.3, -0.25) is 14.7 Å². The number of nitrogens with zero attached hydrogens (tertiary/aromatic N) is 3. The minimum Gasteiger partial charge on any atom is -0.487 e. The summed E-state index contributed by atoms with van der Waals surface area (Å²) in [5.74, 6) is 0.964. The van der Waals surface area contributed by atoms with Crippen LogP contribution in [0.4, 0.5) is 0 Å². The van der Waals surface area contributed by atoms with Crippen molar-refractivity contribution in [3.05, 3.63) is 95.8 Å². The van der Waals surface area contributed by atoms with Crippen molar-refractivity contribution in [1.82, 2.24) is 14.8 Å². The van der Waals surface area contributed by atoms with Crippen molar-refractivity contribution in [3.63, 3.8) is 0 Å². The zero-order valence-corrected chi connectivity index (χ0v) is 16.6. The van der Waals surface area contributed by atoms with Crippen molar-refractivity contribution in [1.29, 1.82) is 0 Å². The number of carbonyl (C=O) groups excluding carboxylic acids is 1. The van der Waals surface area contributed by atoms with E-state index in [0.29, 0.717) is 19.7 Å². The van der Waals surface area contributed by atoms with Gasteiger partial charge in [-0.1, -0.05) is 48.5 Å². The van der Waals surface area contributed by atoms with E-state index < -0.39 is 0 Å². The number of carbonyl (C=O) groups is 1. The molecule has 1 unspecified atom stereocenters. The molecule has 1 aromatic heterocycles. The van der Waals surface area contributed by atoms with E-state index >= 15 is 0 Å². The molecule has 29 heavy (non-hydrogen) atoms. The third kappa shape index (κ3) is 4.63. The van der Waals surface area contributed by atoms with Gasteiger partial charge >= 0.3 is 0 Å². The summed E-state index contributed by atoms with van der Waals surface area (Å²) in [6.07, 6.45) is 2.57. The Morgan fingerprint density at radius 2 is 1.76 bits per heavy atom. The first kappa shape index (κ1) is 19.2. The Bertz CT molecular complexity index is 929. The van der Waals surface area contributed by atoms with Gasteiger partial charge in [0, 0.05) is 12.7 Å². The fourth-order valence-corrected chi connectivity index (χ4v) is 3.72. The molecule has 3 aromatic rings.